The topological polar surface area (TPSA) is 41.6 Å². The van der Waals surface area contributed by atoms with Crippen molar-refractivity contribution in [1.82, 2.24) is 4.90 Å². The minimum atomic E-state index is -0.564. The van der Waals surface area contributed by atoms with E-state index in [0.29, 0.717) is 0 Å². The van der Waals surface area contributed by atoms with Crippen LogP contribution in [0.3, 0.4) is 0 Å². The van der Waals surface area contributed by atoms with Crippen molar-refractivity contribution in [2.24, 2.45) is 0 Å². The van der Waals surface area contributed by atoms with Gasteiger partial charge in [-0.1, -0.05) is 12.1 Å². The van der Waals surface area contributed by atoms with E-state index in [-0.39, 0.29) is 0 Å². The third-order valence-electron chi connectivity index (χ3n) is 2.71. The molecule has 17 heavy (non-hydrogen) atoms. The van der Waals surface area contributed by atoms with Crippen LogP contribution in [0.1, 0.15) is 5.56 Å². The van der Waals surface area contributed by atoms with Crippen molar-refractivity contribution in [3.8, 4) is 0 Å². The van der Waals surface area contributed by atoms with Crippen molar-refractivity contribution in [1.29, 1.82) is 0 Å². The number of halogens is 1. The predicted molar refractivity (Wildman–Crippen MR) is 67.4 cm³/mol. The number of carbonyl (C=O) groups is 1. The van der Waals surface area contributed by atoms with Crippen molar-refractivity contribution in [3.05, 3.63) is 29.8 Å². The first-order valence-corrected chi connectivity index (χ1v) is 5.97. The van der Waals surface area contributed by atoms with Crippen molar-refractivity contribution in [2.45, 2.75) is 6.54 Å². The Morgan fingerprint density at radius 1 is 1.29 bits per heavy atom. The molecule has 1 heterocycles. The van der Waals surface area contributed by atoms with Gasteiger partial charge in [0.2, 0.25) is 0 Å². The van der Waals surface area contributed by atoms with Crippen LogP contribution in [0, 0.1) is 0 Å². The monoisotopic (exact) mass is 254 g/mol. The molecule has 4 nitrogen and oxygen atoms in total. The summed E-state index contributed by atoms with van der Waals surface area (Å²) in [4.78, 5) is 13.0. The predicted octanol–water partition coefficient (Wildman–Crippen LogP) is 2.29. The molecule has 0 unspecified atom stereocenters. The number of ether oxygens (including phenoxy) is 1. The van der Waals surface area contributed by atoms with Crippen LogP contribution in [0.2, 0.25) is 0 Å². The molecule has 1 fully saturated rings. The second-order valence-electron chi connectivity index (χ2n) is 3.98. The van der Waals surface area contributed by atoms with Crippen molar-refractivity contribution >= 4 is 22.7 Å². The van der Waals surface area contributed by atoms with Crippen LogP contribution in [0.4, 0.5) is 10.5 Å². The van der Waals surface area contributed by atoms with E-state index in [1.807, 2.05) is 24.3 Å². The quantitative estimate of drug-likeness (QED) is 0.665. The molecule has 1 aromatic carbocycles. The second-order valence-corrected chi connectivity index (χ2v) is 4.33. The molecule has 0 atom stereocenters. The molecule has 92 valence electrons. The highest BCUT2D eigenvalue weighted by Gasteiger charge is 2.10. The van der Waals surface area contributed by atoms with Crippen molar-refractivity contribution in [2.75, 3.05) is 31.6 Å². The van der Waals surface area contributed by atoms with E-state index >= 15 is 0 Å². The molecule has 5 heteroatoms. The SMILES string of the molecule is O=C(Cl)Nc1ccc(CN2CCOCC2)cc1. The largest absolute Gasteiger partial charge is 0.379 e. The minimum Gasteiger partial charge on any atom is -0.379 e. The van der Waals surface area contributed by atoms with Gasteiger partial charge in [0, 0.05) is 25.3 Å². The Bertz CT molecular complexity index is 375. The van der Waals surface area contributed by atoms with Gasteiger partial charge in [-0.15, -0.1) is 0 Å². The number of benzene rings is 1. The Morgan fingerprint density at radius 2 is 1.94 bits per heavy atom. The zero-order chi connectivity index (χ0) is 12.1. The zero-order valence-electron chi connectivity index (χ0n) is 9.49. The maximum atomic E-state index is 10.6. The average molecular weight is 255 g/mol. The molecule has 1 aromatic rings. The Hall–Kier alpha value is -1.10. The molecule has 0 spiro atoms. The van der Waals surface area contributed by atoms with Gasteiger partial charge < -0.3 is 10.1 Å². The molecular formula is C12H15ClN2O2. The molecule has 0 aliphatic carbocycles. The summed E-state index contributed by atoms with van der Waals surface area (Å²) in [7, 11) is 0. The van der Waals surface area contributed by atoms with Gasteiger partial charge >= 0.3 is 5.37 Å². The highest BCUT2D eigenvalue weighted by molar-refractivity contribution is 6.65. The maximum Gasteiger partial charge on any atom is 0.318 e. The summed E-state index contributed by atoms with van der Waals surface area (Å²) in [6, 6.07) is 7.71. The highest BCUT2D eigenvalue weighted by atomic mass is 35.5. The fraction of sp³-hybridized carbons (Fsp3) is 0.417. The molecule has 1 saturated heterocycles. The van der Waals surface area contributed by atoms with Crippen LogP contribution in [-0.2, 0) is 11.3 Å². The Kier molecular flexibility index (Phi) is 4.36. The molecule has 1 amide bonds. The highest BCUT2D eigenvalue weighted by Crippen LogP contribution is 2.12. The van der Waals surface area contributed by atoms with Gasteiger partial charge in [-0.2, -0.15) is 0 Å². The van der Waals surface area contributed by atoms with E-state index in [0.717, 1.165) is 38.5 Å². The summed E-state index contributed by atoms with van der Waals surface area (Å²) in [6.07, 6.45) is 0. The van der Waals surface area contributed by atoms with E-state index < -0.39 is 5.37 Å². The standard InChI is InChI=1S/C12H15ClN2O2/c13-12(16)14-11-3-1-10(2-4-11)9-15-5-7-17-8-6-15/h1-4H,5-9H2,(H,14,16). The van der Waals surface area contributed by atoms with E-state index in [1.54, 1.807) is 0 Å². The lowest BCUT2D eigenvalue weighted by Gasteiger charge is -2.26. The lowest BCUT2D eigenvalue weighted by atomic mass is 10.2. The first-order chi connectivity index (χ1) is 8.24. The van der Waals surface area contributed by atoms with Crippen LogP contribution in [0.5, 0.6) is 0 Å². The third kappa shape index (κ3) is 4.00. The average Bonchev–Trinajstić information content (AvgIpc) is 2.32. The molecule has 0 bridgehead atoms. The molecule has 0 saturated carbocycles. The number of anilines is 1. The van der Waals surface area contributed by atoms with E-state index in [2.05, 4.69) is 10.2 Å². The summed E-state index contributed by atoms with van der Waals surface area (Å²) in [5.41, 5.74) is 1.94. The summed E-state index contributed by atoms with van der Waals surface area (Å²) < 4.78 is 5.30. The second kappa shape index (κ2) is 6.00. The number of nitrogens with one attached hydrogen (secondary N) is 1. The fourth-order valence-corrected chi connectivity index (χ4v) is 1.93. The number of rotatable bonds is 3. The van der Waals surface area contributed by atoms with Crippen LogP contribution in [0.15, 0.2) is 24.3 Å². The van der Waals surface area contributed by atoms with E-state index in [1.165, 1.54) is 5.56 Å². The van der Waals surface area contributed by atoms with E-state index in [4.69, 9.17) is 16.3 Å². The van der Waals surface area contributed by atoms with Gasteiger partial charge in [-0.3, -0.25) is 9.69 Å². The number of amides is 1. The lowest BCUT2D eigenvalue weighted by molar-refractivity contribution is 0.0342. The molecule has 0 radical (unpaired) electrons. The van der Waals surface area contributed by atoms with Crippen molar-refractivity contribution in [3.63, 3.8) is 0 Å². The fourth-order valence-electron chi connectivity index (χ4n) is 1.82. The Morgan fingerprint density at radius 3 is 2.53 bits per heavy atom. The normalized spacial score (nSPS) is 16.8. The van der Waals surface area contributed by atoms with Gasteiger partial charge in [-0.25, -0.2) is 0 Å². The zero-order valence-corrected chi connectivity index (χ0v) is 10.2. The summed E-state index contributed by atoms with van der Waals surface area (Å²) in [6.45, 7) is 4.47. The first kappa shape index (κ1) is 12.4. The van der Waals surface area contributed by atoms with Gasteiger partial charge in [0.25, 0.3) is 0 Å². The number of morpholine rings is 1. The van der Waals surface area contributed by atoms with Crippen LogP contribution < -0.4 is 5.32 Å². The molecule has 1 aliphatic heterocycles. The van der Waals surface area contributed by atoms with E-state index in [9.17, 15) is 4.79 Å². The maximum absolute atomic E-state index is 10.6. The van der Waals surface area contributed by atoms with Gasteiger partial charge in [-0.05, 0) is 29.3 Å². The molecular weight excluding hydrogens is 240 g/mol. The summed E-state index contributed by atoms with van der Waals surface area (Å²) >= 11 is 5.24. The smallest absolute Gasteiger partial charge is 0.318 e. The van der Waals surface area contributed by atoms with Crippen molar-refractivity contribution < 1.29 is 9.53 Å². The molecule has 0 aromatic heterocycles. The molecule has 1 aliphatic rings. The number of carbonyl (C=O) groups excluding carboxylic acids is 1. The molecule has 1 N–H and O–H groups in total. The number of hydrogen-bond acceptors (Lipinski definition) is 3. The Labute approximate surface area is 106 Å². The number of hydrogen-bond donors (Lipinski definition) is 1. The summed E-state index contributed by atoms with van der Waals surface area (Å²) in [5.74, 6) is 0. The van der Waals surface area contributed by atoms with Crippen LogP contribution in [-0.4, -0.2) is 36.6 Å². The third-order valence-corrected chi connectivity index (χ3v) is 2.80. The van der Waals surface area contributed by atoms with Crippen LogP contribution >= 0.6 is 11.6 Å². The lowest BCUT2D eigenvalue weighted by Crippen LogP contribution is -2.35. The minimum absolute atomic E-state index is 0.564. The van der Waals surface area contributed by atoms with Gasteiger partial charge in [0.1, 0.15) is 0 Å². The Balaban J connectivity index is 1.90. The summed E-state index contributed by atoms with van der Waals surface area (Å²) in [5, 5.41) is 1.96. The van der Waals surface area contributed by atoms with Crippen LogP contribution in [0.25, 0.3) is 0 Å². The first-order valence-electron chi connectivity index (χ1n) is 5.59. The molecule has 2 rings (SSSR count). The number of nitrogens with zero attached hydrogens (tertiary/aromatic N) is 1. The van der Waals surface area contributed by atoms with Gasteiger partial charge in [0.15, 0.2) is 0 Å². The van der Waals surface area contributed by atoms with Gasteiger partial charge in [0.05, 0.1) is 13.2 Å².